The van der Waals surface area contributed by atoms with Crippen molar-refractivity contribution in [1.29, 1.82) is 0 Å². The van der Waals surface area contributed by atoms with Crippen LogP contribution in [0.2, 0.25) is 0 Å². The van der Waals surface area contributed by atoms with E-state index in [2.05, 4.69) is 0 Å². The van der Waals surface area contributed by atoms with Gasteiger partial charge in [0.1, 0.15) is 30.6 Å². The Morgan fingerprint density at radius 1 is 1.06 bits per heavy atom. The number of carbonyl (C=O) groups excluding carboxylic acids is 2. The zero-order valence-electron chi connectivity index (χ0n) is 20.1. The van der Waals surface area contributed by atoms with Crippen molar-refractivity contribution >= 4 is 28.9 Å². The number of ketones is 2. The number of carboxylic acid groups (broad SMARTS) is 1. The van der Waals surface area contributed by atoms with E-state index in [9.17, 15) is 29.7 Å². The molecule has 35 heavy (non-hydrogen) atoms. The summed E-state index contributed by atoms with van der Waals surface area (Å²) in [5.41, 5.74) is 1.09. The Morgan fingerprint density at radius 3 is 2.29 bits per heavy atom. The molecule has 2 aliphatic rings. The molecule has 0 heterocycles. The third kappa shape index (κ3) is 5.05. The topological polar surface area (TPSA) is 138 Å². The summed E-state index contributed by atoms with van der Waals surface area (Å²) in [6, 6.07) is 4.77. The van der Waals surface area contributed by atoms with E-state index in [1.807, 2.05) is 25.7 Å². The van der Waals surface area contributed by atoms with Gasteiger partial charge in [0.2, 0.25) is 5.71 Å². The lowest BCUT2D eigenvalue weighted by atomic mass is 9.92. The van der Waals surface area contributed by atoms with Crippen LogP contribution in [-0.2, 0) is 14.4 Å². The monoisotopic (exact) mass is 483 g/mol. The Bertz CT molecular complexity index is 1170. The van der Waals surface area contributed by atoms with Crippen LogP contribution < -0.4 is 4.90 Å². The quantitative estimate of drug-likeness (QED) is 0.251. The Balaban J connectivity index is 1.98. The van der Waals surface area contributed by atoms with Crippen LogP contribution in [0.3, 0.4) is 0 Å². The number of benzene rings is 1. The molecule has 3 rings (SSSR count). The second-order valence-electron chi connectivity index (χ2n) is 8.37. The fourth-order valence-corrected chi connectivity index (χ4v) is 4.51. The number of rotatable bonds is 8. The number of nitrogens with zero attached hydrogens (tertiary/aromatic N) is 2. The molecule has 1 aromatic carbocycles. The van der Waals surface area contributed by atoms with Crippen molar-refractivity contribution in [3.8, 4) is 5.75 Å². The summed E-state index contributed by atoms with van der Waals surface area (Å²) >= 11 is 0. The Hall–Kier alpha value is -3.72. The number of aliphatic hydroxyl groups excluding tert-OH is 2. The van der Waals surface area contributed by atoms with Gasteiger partial charge >= 0.3 is 5.97 Å². The number of hydrogen-bond donors (Lipinski definition) is 4. The highest BCUT2D eigenvalue weighted by atomic mass is 16.4. The molecule has 0 amide bonds. The summed E-state index contributed by atoms with van der Waals surface area (Å²) in [4.78, 5) is 39.1. The highest BCUT2D eigenvalue weighted by molar-refractivity contribution is 6.31. The summed E-state index contributed by atoms with van der Waals surface area (Å²) in [6.45, 7) is 7.94. The number of aliphatic hydroxyl groups is 2. The van der Waals surface area contributed by atoms with Gasteiger partial charge in [0.05, 0.1) is 17.6 Å². The maximum Gasteiger partial charge on any atom is 0.309 e. The van der Waals surface area contributed by atoms with Crippen LogP contribution in [0.5, 0.6) is 5.75 Å². The maximum atomic E-state index is 13.3. The fraction of sp³-hybridized carbons (Fsp3) is 0.385. The smallest absolute Gasteiger partial charge is 0.309 e. The van der Waals surface area contributed by atoms with Crippen molar-refractivity contribution in [2.45, 2.75) is 39.2 Å². The van der Waals surface area contributed by atoms with Crippen LogP contribution in [0.4, 0.5) is 5.69 Å². The molecule has 0 bridgehead atoms. The molecule has 2 atom stereocenters. The average molecular weight is 484 g/mol. The molecular weight excluding hydrogens is 452 g/mol. The van der Waals surface area contributed by atoms with E-state index in [1.54, 1.807) is 16.7 Å². The van der Waals surface area contributed by atoms with E-state index in [1.165, 1.54) is 24.3 Å². The molecule has 0 saturated heterocycles. The van der Waals surface area contributed by atoms with Gasteiger partial charge in [0.25, 0.3) is 0 Å². The normalized spacial score (nSPS) is 23.5. The summed E-state index contributed by atoms with van der Waals surface area (Å²) in [6.07, 6.45) is 2.59. The standard InChI is InChI=1S/C26H30N2O7/c1-4-27(5-2)15-7-9-17(19(29)13-15)22-24(33)23(26(35)25(22)34)18-10-8-16(14-20(18)30)28(6-3)12-11-21(31)32/h7-10,13-14,22,25,34H,4-6,11-12H2,1-3H3,(H2,29,31,32)/p+1. The van der Waals surface area contributed by atoms with Gasteiger partial charge in [-0.3, -0.25) is 14.4 Å². The van der Waals surface area contributed by atoms with Crippen LogP contribution in [-0.4, -0.2) is 80.5 Å². The van der Waals surface area contributed by atoms with Gasteiger partial charge in [-0.25, -0.2) is 4.58 Å². The number of aliphatic carboxylic acids is 1. The molecule has 1 fully saturated rings. The minimum atomic E-state index is -1.69. The highest BCUT2D eigenvalue weighted by Gasteiger charge is 2.48. The summed E-state index contributed by atoms with van der Waals surface area (Å²) in [7, 11) is 0. The molecule has 9 nitrogen and oxygen atoms in total. The number of allylic oxidation sites excluding steroid dienone is 3. The second kappa shape index (κ2) is 10.7. The second-order valence-corrected chi connectivity index (χ2v) is 8.37. The van der Waals surface area contributed by atoms with E-state index < -0.39 is 29.6 Å². The number of Topliss-reactive ketones (excluding diaryl/α,β-unsaturated/α-hetero) is 2. The van der Waals surface area contributed by atoms with E-state index >= 15 is 0 Å². The zero-order valence-corrected chi connectivity index (χ0v) is 20.1. The predicted octanol–water partition coefficient (Wildman–Crippen LogP) is 2.09. The first-order chi connectivity index (χ1) is 16.6. The van der Waals surface area contributed by atoms with E-state index in [0.717, 1.165) is 18.8 Å². The van der Waals surface area contributed by atoms with Crippen molar-refractivity contribution < 1.29 is 39.4 Å². The molecule has 1 saturated carbocycles. The van der Waals surface area contributed by atoms with E-state index in [0.29, 0.717) is 12.3 Å². The molecule has 0 radical (unpaired) electrons. The average Bonchev–Trinajstić information content (AvgIpc) is 3.03. The molecule has 4 N–H and O–H groups in total. The maximum absolute atomic E-state index is 13.3. The predicted molar refractivity (Wildman–Crippen MR) is 130 cm³/mol. The number of phenols is 1. The third-order valence-electron chi connectivity index (χ3n) is 6.43. The molecule has 186 valence electrons. The molecule has 2 unspecified atom stereocenters. The minimum Gasteiger partial charge on any atom is -0.508 e. The van der Waals surface area contributed by atoms with Gasteiger partial charge < -0.3 is 25.3 Å². The van der Waals surface area contributed by atoms with Crippen molar-refractivity contribution in [3.63, 3.8) is 0 Å². The van der Waals surface area contributed by atoms with Crippen molar-refractivity contribution in [2.24, 2.45) is 0 Å². The molecule has 1 aromatic rings. The molecular formula is C26H31N2O7+. The number of carboxylic acids is 1. The van der Waals surface area contributed by atoms with Gasteiger partial charge in [-0.1, -0.05) is 6.07 Å². The van der Waals surface area contributed by atoms with Crippen LogP contribution in [0.15, 0.2) is 53.3 Å². The third-order valence-corrected chi connectivity index (χ3v) is 6.43. The molecule has 0 aromatic heterocycles. The lowest BCUT2D eigenvalue weighted by Gasteiger charge is -2.22. The molecule has 9 heteroatoms. The molecule has 0 spiro atoms. The number of anilines is 1. The van der Waals surface area contributed by atoms with Gasteiger partial charge in [-0.15, -0.1) is 0 Å². The summed E-state index contributed by atoms with van der Waals surface area (Å²) in [5.74, 6) is -4.28. The highest BCUT2D eigenvalue weighted by Crippen LogP contribution is 2.40. The van der Waals surface area contributed by atoms with Crippen molar-refractivity contribution in [3.05, 3.63) is 58.9 Å². The van der Waals surface area contributed by atoms with E-state index in [-0.39, 0.29) is 41.2 Å². The van der Waals surface area contributed by atoms with Gasteiger partial charge in [-0.2, -0.15) is 0 Å². The van der Waals surface area contributed by atoms with Crippen LogP contribution in [0, 0.1) is 0 Å². The summed E-state index contributed by atoms with van der Waals surface area (Å²) in [5, 5.41) is 40.9. The fourth-order valence-electron chi connectivity index (χ4n) is 4.51. The lowest BCUT2D eigenvalue weighted by Crippen LogP contribution is -2.24. The largest absolute Gasteiger partial charge is 0.508 e. The van der Waals surface area contributed by atoms with Crippen molar-refractivity contribution in [1.82, 2.24) is 0 Å². The number of phenolic OH excluding ortho intramolecular Hbond substituents is 1. The number of aromatic hydroxyl groups is 1. The Morgan fingerprint density at radius 2 is 1.74 bits per heavy atom. The van der Waals surface area contributed by atoms with Gasteiger partial charge in [0, 0.05) is 42.1 Å². The molecule has 0 aliphatic heterocycles. The number of hydrogen-bond acceptors (Lipinski definition) is 7. The zero-order chi connectivity index (χ0) is 25.9. The summed E-state index contributed by atoms with van der Waals surface area (Å²) < 4.78 is 1.74. The van der Waals surface area contributed by atoms with Gasteiger partial charge in [0.15, 0.2) is 18.1 Å². The van der Waals surface area contributed by atoms with Crippen LogP contribution >= 0.6 is 0 Å². The Labute approximate surface area is 203 Å². The first-order valence-corrected chi connectivity index (χ1v) is 11.7. The van der Waals surface area contributed by atoms with Crippen LogP contribution in [0.1, 0.15) is 38.7 Å². The van der Waals surface area contributed by atoms with Gasteiger partial charge in [-0.05, 0) is 32.9 Å². The number of carbonyl (C=O) groups is 3. The SMILES string of the molecule is CCN(CC)c1ccc(C2C(=O)C(=C3C=CC(=[N+](CC)CCC(=O)O)C=C3O)C(=O)C2O)c(O)c1. The lowest BCUT2D eigenvalue weighted by molar-refractivity contribution is -0.522. The minimum absolute atomic E-state index is 0.0150. The van der Waals surface area contributed by atoms with Crippen LogP contribution in [0.25, 0.3) is 0 Å². The van der Waals surface area contributed by atoms with E-state index in [4.69, 9.17) is 5.11 Å². The van der Waals surface area contributed by atoms with Crippen molar-refractivity contribution in [2.75, 3.05) is 31.1 Å². The molecule has 2 aliphatic carbocycles. The first kappa shape index (κ1) is 25.9. The Kier molecular flexibility index (Phi) is 7.91. The first-order valence-electron chi connectivity index (χ1n) is 11.7.